The Hall–Kier alpha value is -3.78. The summed E-state index contributed by atoms with van der Waals surface area (Å²) in [5.74, 6) is -0.530. The number of aromatic nitrogens is 1. The van der Waals surface area contributed by atoms with Gasteiger partial charge in [0, 0.05) is 21.7 Å². The Kier molecular flexibility index (Phi) is 5.16. The molecule has 8 heteroatoms. The lowest BCUT2D eigenvalue weighted by molar-refractivity contribution is 0.0997. The maximum absolute atomic E-state index is 14.1. The molecule has 2 aromatic heterocycles. The number of carbonyl (C=O) groups excluding carboxylic acids is 2. The Labute approximate surface area is 175 Å². The molecule has 0 saturated heterocycles. The second-order valence-electron chi connectivity index (χ2n) is 6.50. The van der Waals surface area contributed by atoms with Crippen molar-refractivity contribution < 1.29 is 18.7 Å². The summed E-state index contributed by atoms with van der Waals surface area (Å²) in [4.78, 5) is 28.5. The highest BCUT2D eigenvalue weighted by Gasteiger charge is 2.18. The average molecular weight is 421 g/mol. The van der Waals surface area contributed by atoms with E-state index < -0.39 is 5.91 Å². The molecule has 0 unspecified atom stereocenters. The molecule has 0 bridgehead atoms. The zero-order valence-corrected chi connectivity index (χ0v) is 16.6. The molecule has 4 rings (SSSR count). The van der Waals surface area contributed by atoms with E-state index in [4.69, 9.17) is 10.5 Å². The number of thiophene rings is 1. The van der Waals surface area contributed by atoms with Crippen molar-refractivity contribution in [1.82, 2.24) is 4.98 Å². The van der Waals surface area contributed by atoms with Gasteiger partial charge in [0.25, 0.3) is 5.91 Å². The minimum Gasteiger partial charge on any atom is -0.439 e. The fourth-order valence-electron chi connectivity index (χ4n) is 3.01. The van der Waals surface area contributed by atoms with Crippen LogP contribution < -0.4 is 15.8 Å². The van der Waals surface area contributed by atoms with Gasteiger partial charge in [0.1, 0.15) is 11.6 Å². The molecule has 30 heavy (non-hydrogen) atoms. The van der Waals surface area contributed by atoms with Gasteiger partial charge in [-0.25, -0.2) is 9.37 Å². The molecular formula is C22H16FN3O3S. The Bertz CT molecular complexity index is 1270. The number of aryl methyl sites for hydroxylation is 1. The zero-order valence-electron chi connectivity index (χ0n) is 15.8. The lowest BCUT2D eigenvalue weighted by Gasteiger charge is -2.08. The second-order valence-corrected chi connectivity index (χ2v) is 7.55. The summed E-state index contributed by atoms with van der Waals surface area (Å²) in [7, 11) is 0. The van der Waals surface area contributed by atoms with Gasteiger partial charge in [0.05, 0.1) is 16.8 Å². The fraction of sp³-hybridized carbons (Fsp3) is 0.0455. The van der Waals surface area contributed by atoms with Crippen LogP contribution in [0.3, 0.4) is 0 Å². The number of benzene rings is 2. The van der Waals surface area contributed by atoms with Crippen molar-refractivity contribution >= 4 is 38.9 Å². The first-order chi connectivity index (χ1) is 14.4. The fourth-order valence-corrected chi connectivity index (χ4v) is 4.12. The van der Waals surface area contributed by atoms with Crippen LogP contribution >= 0.6 is 11.3 Å². The largest absolute Gasteiger partial charge is 0.439 e. The number of nitrogens with two attached hydrogens (primary N) is 1. The summed E-state index contributed by atoms with van der Waals surface area (Å²) in [6.45, 7) is 1.73. The molecule has 150 valence electrons. The van der Waals surface area contributed by atoms with Crippen LogP contribution in [-0.4, -0.2) is 16.8 Å². The van der Waals surface area contributed by atoms with E-state index in [2.05, 4.69) is 10.3 Å². The second kappa shape index (κ2) is 7.92. The molecule has 0 aliphatic carbocycles. The molecule has 0 aliphatic rings. The predicted octanol–water partition coefficient (Wildman–Crippen LogP) is 4.89. The van der Waals surface area contributed by atoms with E-state index in [0.29, 0.717) is 32.8 Å². The lowest BCUT2D eigenvalue weighted by atomic mass is 10.1. The number of hydrogen-bond donors (Lipinski definition) is 2. The molecule has 2 heterocycles. The monoisotopic (exact) mass is 421 g/mol. The quantitative estimate of drug-likeness (QED) is 0.480. The highest BCUT2D eigenvalue weighted by Crippen LogP contribution is 2.33. The Balaban J connectivity index is 1.49. The van der Waals surface area contributed by atoms with Crippen LogP contribution in [0.2, 0.25) is 0 Å². The van der Waals surface area contributed by atoms with Crippen LogP contribution in [0.5, 0.6) is 11.6 Å². The molecule has 0 radical (unpaired) electrons. The highest BCUT2D eigenvalue weighted by molar-refractivity contribution is 7.21. The number of nitrogens with zero attached hydrogens (tertiary/aromatic N) is 1. The first-order valence-corrected chi connectivity index (χ1v) is 9.77. The van der Waals surface area contributed by atoms with Crippen molar-refractivity contribution in [3.63, 3.8) is 0 Å². The first kappa shape index (κ1) is 19.5. The van der Waals surface area contributed by atoms with Crippen LogP contribution in [-0.2, 0) is 0 Å². The van der Waals surface area contributed by atoms with Crippen molar-refractivity contribution in [2.24, 2.45) is 5.73 Å². The van der Waals surface area contributed by atoms with Gasteiger partial charge < -0.3 is 15.8 Å². The minimum atomic E-state index is -0.553. The molecule has 6 nitrogen and oxygen atoms in total. The maximum Gasteiger partial charge on any atom is 0.266 e. The van der Waals surface area contributed by atoms with Crippen molar-refractivity contribution in [3.8, 4) is 11.6 Å². The SMILES string of the molecule is Cc1c(C(=O)Nc2ccc(Oc3cccc(C(N)=O)c3)nc2)sc2cccc(F)c12. The third-order valence-corrected chi connectivity index (χ3v) is 5.70. The van der Waals surface area contributed by atoms with Gasteiger partial charge in [-0.05, 0) is 48.9 Å². The van der Waals surface area contributed by atoms with E-state index >= 15 is 0 Å². The number of halogens is 1. The molecule has 0 aliphatic heterocycles. The van der Waals surface area contributed by atoms with E-state index in [-0.39, 0.29) is 17.6 Å². The van der Waals surface area contributed by atoms with E-state index in [1.165, 1.54) is 29.7 Å². The number of hydrogen-bond acceptors (Lipinski definition) is 5. The summed E-state index contributed by atoms with van der Waals surface area (Å²) in [6.07, 6.45) is 1.45. The van der Waals surface area contributed by atoms with E-state index in [1.54, 1.807) is 49.4 Å². The van der Waals surface area contributed by atoms with Crippen LogP contribution in [0.4, 0.5) is 10.1 Å². The third-order valence-electron chi connectivity index (χ3n) is 4.44. The number of fused-ring (bicyclic) bond motifs is 1. The van der Waals surface area contributed by atoms with Crippen molar-refractivity contribution in [2.45, 2.75) is 6.92 Å². The normalized spacial score (nSPS) is 10.7. The smallest absolute Gasteiger partial charge is 0.266 e. The summed E-state index contributed by atoms with van der Waals surface area (Å²) < 4.78 is 20.4. The number of rotatable bonds is 5. The minimum absolute atomic E-state index is 0.287. The Morgan fingerprint density at radius 3 is 2.63 bits per heavy atom. The zero-order chi connectivity index (χ0) is 21.3. The highest BCUT2D eigenvalue weighted by atomic mass is 32.1. The van der Waals surface area contributed by atoms with Crippen molar-refractivity contribution in [2.75, 3.05) is 5.32 Å². The van der Waals surface area contributed by atoms with Gasteiger partial charge in [0.2, 0.25) is 11.8 Å². The van der Waals surface area contributed by atoms with Crippen molar-refractivity contribution in [3.05, 3.63) is 82.6 Å². The number of anilines is 1. The Morgan fingerprint density at radius 1 is 1.13 bits per heavy atom. The molecule has 3 N–H and O–H groups in total. The summed E-state index contributed by atoms with van der Waals surface area (Å²) in [6, 6.07) is 14.4. The lowest BCUT2D eigenvalue weighted by Crippen LogP contribution is -2.11. The molecular weight excluding hydrogens is 405 g/mol. The van der Waals surface area contributed by atoms with Gasteiger partial charge in [-0.15, -0.1) is 11.3 Å². The van der Waals surface area contributed by atoms with Crippen LogP contribution in [0, 0.1) is 12.7 Å². The molecule has 0 fully saturated rings. The van der Waals surface area contributed by atoms with E-state index in [9.17, 15) is 14.0 Å². The summed E-state index contributed by atoms with van der Waals surface area (Å²) >= 11 is 1.24. The number of amides is 2. The van der Waals surface area contributed by atoms with E-state index in [1.807, 2.05) is 0 Å². The molecule has 0 spiro atoms. The summed E-state index contributed by atoms with van der Waals surface area (Å²) in [5.41, 5.74) is 6.66. The van der Waals surface area contributed by atoms with Crippen LogP contribution in [0.25, 0.3) is 10.1 Å². The third kappa shape index (κ3) is 3.85. The van der Waals surface area contributed by atoms with Crippen molar-refractivity contribution in [1.29, 1.82) is 0 Å². The average Bonchev–Trinajstić information content (AvgIpc) is 3.07. The number of pyridine rings is 1. The number of primary amides is 1. The van der Waals surface area contributed by atoms with Gasteiger partial charge in [-0.2, -0.15) is 0 Å². The van der Waals surface area contributed by atoms with Gasteiger partial charge >= 0.3 is 0 Å². The molecule has 0 saturated carbocycles. The standard InChI is InChI=1S/C22H16FN3O3S/c1-12-19-16(23)6-3-7-17(19)30-20(12)22(28)26-14-8-9-18(25-11-14)29-15-5-2-4-13(10-15)21(24)27/h2-11H,1H3,(H2,24,27)(H,26,28). The van der Waals surface area contributed by atoms with Gasteiger partial charge in [-0.3, -0.25) is 9.59 Å². The van der Waals surface area contributed by atoms with Crippen LogP contribution in [0.1, 0.15) is 25.6 Å². The predicted molar refractivity (Wildman–Crippen MR) is 114 cm³/mol. The topological polar surface area (TPSA) is 94.3 Å². The van der Waals surface area contributed by atoms with Gasteiger partial charge in [-0.1, -0.05) is 12.1 Å². The first-order valence-electron chi connectivity index (χ1n) is 8.95. The molecule has 0 atom stereocenters. The maximum atomic E-state index is 14.1. The summed E-state index contributed by atoms with van der Waals surface area (Å²) in [5, 5.41) is 3.23. The number of ether oxygens (including phenoxy) is 1. The van der Waals surface area contributed by atoms with Gasteiger partial charge in [0.15, 0.2) is 0 Å². The number of carbonyl (C=O) groups is 2. The van der Waals surface area contributed by atoms with E-state index in [0.717, 1.165) is 4.70 Å². The van der Waals surface area contributed by atoms with Crippen LogP contribution in [0.15, 0.2) is 60.8 Å². The Morgan fingerprint density at radius 2 is 1.93 bits per heavy atom. The number of nitrogens with one attached hydrogen (secondary N) is 1. The molecule has 4 aromatic rings. The molecule has 2 aromatic carbocycles. The molecule has 2 amide bonds.